The zero-order valence-corrected chi connectivity index (χ0v) is 51.0. The van der Waals surface area contributed by atoms with Gasteiger partial charge in [-0.2, -0.15) is 0 Å². The number of unbranched alkanes of at least 4 members (excludes halogenated alkanes) is 43. The fourth-order valence-corrected chi connectivity index (χ4v) is 9.98. The minimum Gasteiger partial charge on any atom is -0.462 e. The zero-order chi connectivity index (χ0) is 55.0. The number of carbonyl (C=O) groups is 3. The van der Waals surface area contributed by atoms with Gasteiger partial charge in [0.05, 0.1) is 0 Å². The molecule has 0 aliphatic carbocycles. The molecule has 6 nitrogen and oxygen atoms in total. The van der Waals surface area contributed by atoms with Crippen molar-refractivity contribution in [1.29, 1.82) is 0 Å². The van der Waals surface area contributed by atoms with Crippen LogP contribution in [-0.4, -0.2) is 37.2 Å². The molecule has 0 bridgehead atoms. The maximum absolute atomic E-state index is 12.9. The second-order valence-corrected chi connectivity index (χ2v) is 22.7. The molecule has 0 rings (SSSR count). The lowest BCUT2D eigenvalue weighted by molar-refractivity contribution is -0.167. The minimum atomic E-state index is -0.778. The maximum atomic E-state index is 12.9. The van der Waals surface area contributed by atoms with Crippen molar-refractivity contribution in [2.24, 2.45) is 0 Å². The first-order chi connectivity index (χ1) is 37.5. The quantitative estimate of drug-likeness (QED) is 0.0261. The number of ether oxygens (including phenoxy) is 3. The van der Waals surface area contributed by atoms with E-state index in [0.717, 1.165) is 77.0 Å². The van der Waals surface area contributed by atoms with Gasteiger partial charge in [-0.1, -0.05) is 307 Å². The van der Waals surface area contributed by atoms with Crippen LogP contribution in [0, 0.1) is 0 Å². The molecule has 0 aromatic carbocycles. The zero-order valence-electron chi connectivity index (χ0n) is 51.0. The number of hydrogen-bond acceptors (Lipinski definition) is 6. The summed E-state index contributed by atoms with van der Waals surface area (Å²) in [4.78, 5) is 38.4. The highest BCUT2D eigenvalue weighted by Gasteiger charge is 2.19. The summed E-state index contributed by atoms with van der Waals surface area (Å²) in [7, 11) is 0. The van der Waals surface area contributed by atoms with E-state index < -0.39 is 6.10 Å². The Labute approximate surface area is 473 Å². The lowest BCUT2D eigenvalue weighted by Crippen LogP contribution is -2.30. The molecule has 0 spiro atoms. The molecule has 0 aromatic heterocycles. The monoisotopic (exact) mass is 1060 g/mol. The SMILES string of the molecule is CCCCCC/C=C\C/C=C\CCCCCCCCCC(=O)OCC(COC(=O)CCCCCCCCCCC/C=C\C/C=C\CCCCCCC)OC(=O)CCCCCCCCCCCCCCCCCCCCC. The predicted molar refractivity (Wildman–Crippen MR) is 330 cm³/mol. The van der Waals surface area contributed by atoms with E-state index in [4.69, 9.17) is 14.2 Å². The molecule has 0 aromatic rings. The Morgan fingerprint density at radius 3 is 0.737 bits per heavy atom. The highest BCUT2D eigenvalue weighted by atomic mass is 16.6. The van der Waals surface area contributed by atoms with Crippen molar-refractivity contribution in [1.82, 2.24) is 0 Å². The molecule has 76 heavy (non-hydrogen) atoms. The highest BCUT2D eigenvalue weighted by Crippen LogP contribution is 2.17. The summed E-state index contributed by atoms with van der Waals surface area (Å²) in [6, 6.07) is 0. The van der Waals surface area contributed by atoms with E-state index in [1.54, 1.807) is 0 Å². The van der Waals surface area contributed by atoms with Crippen LogP contribution in [0.5, 0.6) is 0 Å². The lowest BCUT2D eigenvalue weighted by Gasteiger charge is -2.18. The topological polar surface area (TPSA) is 78.9 Å². The van der Waals surface area contributed by atoms with E-state index in [0.29, 0.717) is 19.3 Å². The number of esters is 3. The van der Waals surface area contributed by atoms with Gasteiger partial charge in [0, 0.05) is 19.3 Å². The molecule has 0 N–H and O–H groups in total. The third-order valence-corrected chi connectivity index (χ3v) is 15.1. The van der Waals surface area contributed by atoms with Crippen LogP contribution in [-0.2, 0) is 28.6 Å². The third-order valence-electron chi connectivity index (χ3n) is 15.1. The van der Waals surface area contributed by atoms with Crippen LogP contribution in [0.25, 0.3) is 0 Å². The van der Waals surface area contributed by atoms with Crippen LogP contribution in [0.1, 0.15) is 361 Å². The van der Waals surface area contributed by atoms with Crippen molar-refractivity contribution in [3.63, 3.8) is 0 Å². The van der Waals surface area contributed by atoms with Gasteiger partial charge in [-0.3, -0.25) is 14.4 Å². The van der Waals surface area contributed by atoms with Crippen molar-refractivity contribution in [2.45, 2.75) is 367 Å². The smallest absolute Gasteiger partial charge is 0.306 e. The van der Waals surface area contributed by atoms with E-state index in [-0.39, 0.29) is 31.1 Å². The van der Waals surface area contributed by atoms with Crippen LogP contribution in [0.15, 0.2) is 48.6 Å². The highest BCUT2D eigenvalue weighted by molar-refractivity contribution is 5.71. The second-order valence-electron chi connectivity index (χ2n) is 22.7. The second kappa shape index (κ2) is 64.9. The number of allylic oxidation sites excluding steroid dienone is 8. The maximum Gasteiger partial charge on any atom is 0.306 e. The molecule has 0 amide bonds. The van der Waals surface area contributed by atoms with Gasteiger partial charge < -0.3 is 14.2 Å². The van der Waals surface area contributed by atoms with Gasteiger partial charge >= 0.3 is 17.9 Å². The van der Waals surface area contributed by atoms with E-state index in [2.05, 4.69) is 69.4 Å². The molecule has 0 aliphatic rings. The molecule has 0 aliphatic heterocycles. The van der Waals surface area contributed by atoms with Gasteiger partial charge in [0.15, 0.2) is 6.10 Å². The molecule has 0 saturated heterocycles. The van der Waals surface area contributed by atoms with E-state index in [1.807, 2.05) is 0 Å². The van der Waals surface area contributed by atoms with Gasteiger partial charge in [-0.15, -0.1) is 0 Å². The van der Waals surface area contributed by atoms with Crippen molar-refractivity contribution < 1.29 is 28.6 Å². The molecule has 0 fully saturated rings. The first kappa shape index (κ1) is 73.4. The van der Waals surface area contributed by atoms with Gasteiger partial charge in [0.2, 0.25) is 0 Å². The van der Waals surface area contributed by atoms with Crippen LogP contribution in [0.4, 0.5) is 0 Å². The van der Waals surface area contributed by atoms with Crippen molar-refractivity contribution in [2.75, 3.05) is 13.2 Å². The molecule has 0 heterocycles. The summed E-state index contributed by atoms with van der Waals surface area (Å²) in [5.74, 6) is -0.861. The number of rotatable bonds is 62. The summed E-state index contributed by atoms with van der Waals surface area (Å²) in [6.07, 6.45) is 81.1. The summed E-state index contributed by atoms with van der Waals surface area (Å²) < 4.78 is 17.0. The Hall–Kier alpha value is -2.63. The van der Waals surface area contributed by atoms with Gasteiger partial charge in [-0.05, 0) is 83.5 Å². The van der Waals surface area contributed by atoms with Crippen LogP contribution < -0.4 is 0 Å². The third kappa shape index (κ3) is 62.2. The predicted octanol–water partition coefficient (Wildman–Crippen LogP) is 22.9. The Morgan fingerprint density at radius 1 is 0.263 bits per heavy atom. The molecule has 444 valence electrons. The van der Waals surface area contributed by atoms with E-state index in [1.165, 1.54) is 244 Å². The standard InChI is InChI=1S/C70H128O6/c1-4-7-10-13-16-19-22-25-28-31-34-35-37-39-42-45-48-51-54-57-60-63-69(72)75-66-67(65-74-68(71)62-59-56-53-50-47-44-41-38-33-30-27-24-21-18-15-12-9-6-3)76-70(73)64-61-58-55-52-49-46-43-40-36-32-29-26-23-20-17-14-11-8-5-2/h21-22,24-25,30-31,33-34,67H,4-20,23,26-29,32,35-66H2,1-3H3/b24-21-,25-22-,33-30-,34-31-. The largest absolute Gasteiger partial charge is 0.462 e. The molecular weight excluding hydrogens is 937 g/mol. The number of hydrogen-bond donors (Lipinski definition) is 0. The Kier molecular flexibility index (Phi) is 62.6. The Balaban J connectivity index is 4.35. The van der Waals surface area contributed by atoms with Crippen molar-refractivity contribution >= 4 is 17.9 Å². The Morgan fingerprint density at radius 2 is 0.474 bits per heavy atom. The van der Waals surface area contributed by atoms with E-state index in [9.17, 15) is 14.4 Å². The molecule has 1 atom stereocenters. The van der Waals surface area contributed by atoms with Crippen LogP contribution in [0.3, 0.4) is 0 Å². The number of carbonyl (C=O) groups excluding carboxylic acids is 3. The van der Waals surface area contributed by atoms with Gasteiger partial charge in [0.25, 0.3) is 0 Å². The Bertz CT molecular complexity index is 1310. The van der Waals surface area contributed by atoms with Crippen molar-refractivity contribution in [3.8, 4) is 0 Å². The fourth-order valence-electron chi connectivity index (χ4n) is 9.98. The van der Waals surface area contributed by atoms with E-state index >= 15 is 0 Å². The van der Waals surface area contributed by atoms with Crippen LogP contribution >= 0.6 is 0 Å². The van der Waals surface area contributed by atoms with Gasteiger partial charge in [0.1, 0.15) is 13.2 Å². The summed E-state index contributed by atoms with van der Waals surface area (Å²) in [6.45, 7) is 6.67. The normalized spacial score (nSPS) is 12.3. The van der Waals surface area contributed by atoms with Crippen molar-refractivity contribution in [3.05, 3.63) is 48.6 Å². The molecule has 0 radical (unpaired) electrons. The average molecular weight is 1070 g/mol. The minimum absolute atomic E-state index is 0.0742. The average Bonchev–Trinajstić information content (AvgIpc) is 3.42. The molecule has 1 unspecified atom stereocenters. The fraction of sp³-hybridized carbons (Fsp3) is 0.843. The summed E-state index contributed by atoms with van der Waals surface area (Å²) >= 11 is 0. The molecule has 0 saturated carbocycles. The lowest BCUT2D eigenvalue weighted by atomic mass is 10.0. The molecular formula is C70H128O6. The first-order valence-corrected chi connectivity index (χ1v) is 33.6. The summed E-state index contributed by atoms with van der Waals surface area (Å²) in [5, 5.41) is 0. The molecule has 6 heteroatoms. The van der Waals surface area contributed by atoms with Crippen LogP contribution in [0.2, 0.25) is 0 Å². The van der Waals surface area contributed by atoms with Gasteiger partial charge in [-0.25, -0.2) is 0 Å². The summed E-state index contributed by atoms with van der Waals surface area (Å²) in [5.41, 5.74) is 0. The first-order valence-electron chi connectivity index (χ1n) is 33.6.